The number of aliphatic hydroxyl groups is 1. The first-order valence-electron chi connectivity index (χ1n) is 11.2. The maximum Gasteiger partial charge on any atom is 0.337 e. The lowest BCUT2D eigenvalue weighted by atomic mass is 9.94. The molecule has 9 heteroatoms. The number of likely N-dealkylation sites (tertiary alicyclic amines) is 1. The second kappa shape index (κ2) is 9.53. The molecule has 182 valence electrons. The lowest BCUT2D eigenvalue weighted by molar-refractivity contribution is -0.140. The number of aromatic nitrogens is 1. The SMILES string of the molecule is COC(=O)c1ccc([C@H]2C(=C(O)c3ccc4c(c3)OCCO4)C(=O)C(=O)N2Cc2ccncc2)cc1. The Bertz CT molecular complexity index is 1370. The van der Waals surface area contributed by atoms with Crippen molar-refractivity contribution in [3.05, 3.63) is 94.8 Å². The highest BCUT2D eigenvalue weighted by atomic mass is 16.6. The zero-order valence-corrected chi connectivity index (χ0v) is 19.3. The van der Waals surface area contributed by atoms with Gasteiger partial charge in [-0.2, -0.15) is 0 Å². The van der Waals surface area contributed by atoms with Gasteiger partial charge in [0, 0.05) is 24.5 Å². The zero-order chi connectivity index (χ0) is 25.2. The Hall–Kier alpha value is -4.66. The van der Waals surface area contributed by atoms with Crippen LogP contribution < -0.4 is 9.47 Å². The summed E-state index contributed by atoms with van der Waals surface area (Å²) in [5.41, 5.74) is 1.89. The number of aliphatic hydroxyl groups excluding tert-OH is 1. The number of amides is 1. The van der Waals surface area contributed by atoms with Gasteiger partial charge in [-0.05, 0) is 53.6 Å². The van der Waals surface area contributed by atoms with Crippen LogP contribution in [0.2, 0.25) is 0 Å². The summed E-state index contributed by atoms with van der Waals surface area (Å²) in [4.78, 5) is 43.8. The van der Waals surface area contributed by atoms with E-state index in [2.05, 4.69) is 4.98 Å². The van der Waals surface area contributed by atoms with Crippen molar-refractivity contribution >= 4 is 23.4 Å². The monoisotopic (exact) mass is 486 g/mol. The van der Waals surface area contributed by atoms with Gasteiger partial charge >= 0.3 is 5.97 Å². The van der Waals surface area contributed by atoms with Crippen molar-refractivity contribution < 1.29 is 33.7 Å². The normalized spacial score (nSPS) is 18.2. The van der Waals surface area contributed by atoms with E-state index in [0.717, 1.165) is 5.56 Å². The number of hydrogen-bond donors (Lipinski definition) is 1. The van der Waals surface area contributed by atoms with Gasteiger partial charge in [-0.15, -0.1) is 0 Å². The van der Waals surface area contributed by atoms with Crippen LogP contribution in [-0.2, 0) is 20.9 Å². The number of methoxy groups -OCH3 is 1. The molecular weight excluding hydrogens is 464 g/mol. The number of ketones is 1. The summed E-state index contributed by atoms with van der Waals surface area (Å²) in [6, 6.07) is 13.8. The number of rotatable bonds is 5. The smallest absolute Gasteiger partial charge is 0.337 e. The molecule has 3 heterocycles. The molecule has 0 saturated carbocycles. The Kier molecular flexibility index (Phi) is 6.12. The molecule has 0 radical (unpaired) electrons. The first-order chi connectivity index (χ1) is 17.5. The average Bonchev–Trinajstić information content (AvgIpc) is 3.17. The molecule has 0 unspecified atom stereocenters. The van der Waals surface area contributed by atoms with Crippen molar-refractivity contribution in [1.82, 2.24) is 9.88 Å². The van der Waals surface area contributed by atoms with E-state index in [0.29, 0.717) is 41.4 Å². The molecule has 9 nitrogen and oxygen atoms in total. The molecule has 0 aliphatic carbocycles. The summed E-state index contributed by atoms with van der Waals surface area (Å²) in [7, 11) is 1.28. The lowest BCUT2D eigenvalue weighted by Crippen LogP contribution is -2.29. The van der Waals surface area contributed by atoms with Crippen LogP contribution in [0.3, 0.4) is 0 Å². The summed E-state index contributed by atoms with van der Waals surface area (Å²) in [5, 5.41) is 11.3. The molecule has 5 rings (SSSR count). The van der Waals surface area contributed by atoms with Gasteiger partial charge in [-0.3, -0.25) is 14.6 Å². The summed E-state index contributed by atoms with van der Waals surface area (Å²) < 4.78 is 15.9. The predicted molar refractivity (Wildman–Crippen MR) is 127 cm³/mol. The van der Waals surface area contributed by atoms with E-state index >= 15 is 0 Å². The van der Waals surface area contributed by atoms with E-state index in [1.165, 1.54) is 12.0 Å². The van der Waals surface area contributed by atoms with Crippen LogP contribution in [0.1, 0.15) is 33.1 Å². The van der Waals surface area contributed by atoms with Crippen LogP contribution in [0.15, 0.2) is 72.6 Å². The Labute approximate surface area is 206 Å². The molecule has 1 saturated heterocycles. The minimum absolute atomic E-state index is 0.0587. The largest absolute Gasteiger partial charge is 0.507 e. The first-order valence-corrected chi connectivity index (χ1v) is 11.2. The molecule has 1 amide bonds. The van der Waals surface area contributed by atoms with Crippen LogP contribution in [0, 0.1) is 0 Å². The Morgan fingerprint density at radius 3 is 2.36 bits per heavy atom. The number of benzene rings is 2. The van der Waals surface area contributed by atoms with E-state index in [-0.39, 0.29) is 17.9 Å². The van der Waals surface area contributed by atoms with Crippen molar-refractivity contribution in [1.29, 1.82) is 0 Å². The van der Waals surface area contributed by atoms with Gasteiger partial charge in [-0.25, -0.2) is 4.79 Å². The number of carbonyl (C=O) groups excluding carboxylic acids is 3. The number of pyridine rings is 1. The van der Waals surface area contributed by atoms with E-state index in [1.54, 1.807) is 67.0 Å². The molecule has 1 fully saturated rings. The molecule has 2 aromatic carbocycles. The highest BCUT2D eigenvalue weighted by Crippen LogP contribution is 2.41. The Balaban J connectivity index is 1.62. The van der Waals surface area contributed by atoms with Gasteiger partial charge in [0.1, 0.15) is 19.0 Å². The number of fused-ring (bicyclic) bond motifs is 1. The van der Waals surface area contributed by atoms with Crippen molar-refractivity contribution in [2.24, 2.45) is 0 Å². The molecule has 1 aromatic heterocycles. The zero-order valence-electron chi connectivity index (χ0n) is 19.3. The molecule has 36 heavy (non-hydrogen) atoms. The molecule has 2 aliphatic rings. The van der Waals surface area contributed by atoms with Crippen molar-refractivity contribution in [3.8, 4) is 11.5 Å². The fraction of sp³-hybridized carbons (Fsp3) is 0.185. The molecule has 0 bridgehead atoms. The summed E-state index contributed by atoms with van der Waals surface area (Å²) in [5.74, 6) is -1.42. The summed E-state index contributed by atoms with van der Waals surface area (Å²) in [6.07, 6.45) is 3.20. The van der Waals surface area contributed by atoms with Crippen LogP contribution >= 0.6 is 0 Å². The summed E-state index contributed by atoms with van der Waals surface area (Å²) in [6.45, 7) is 0.897. The van der Waals surface area contributed by atoms with Gasteiger partial charge in [0.15, 0.2) is 11.5 Å². The number of ether oxygens (including phenoxy) is 3. The van der Waals surface area contributed by atoms with Crippen LogP contribution in [0.25, 0.3) is 5.76 Å². The third-order valence-corrected chi connectivity index (χ3v) is 6.11. The highest BCUT2D eigenvalue weighted by Gasteiger charge is 2.46. The van der Waals surface area contributed by atoms with Crippen molar-refractivity contribution in [2.45, 2.75) is 12.6 Å². The molecule has 0 spiro atoms. The number of carbonyl (C=O) groups is 3. The van der Waals surface area contributed by atoms with Crippen molar-refractivity contribution in [3.63, 3.8) is 0 Å². The van der Waals surface area contributed by atoms with Gasteiger partial charge < -0.3 is 24.2 Å². The second-order valence-electron chi connectivity index (χ2n) is 8.25. The predicted octanol–water partition coefficient (Wildman–Crippen LogP) is 3.26. The third kappa shape index (κ3) is 4.15. The van der Waals surface area contributed by atoms with Gasteiger partial charge in [0.2, 0.25) is 0 Å². The average molecular weight is 486 g/mol. The minimum atomic E-state index is -0.891. The van der Waals surface area contributed by atoms with E-state index < -0.39 is 23.7 Å². The minimum Gasteiger partial charge on any atom is -0.507 e. The number of nitrogens with zero attached hydrogens (tertiary/aromatic N) is 2. The number of Topliss-reactive ketones (excluding diaryl/α,β-unsaturated/α-hetero) is 1. The molecular formula is C27H22N2O7. The van der Waals surface area contributed by atoms with Gasteiger partial charge in [0.25, 0.3) is 11.7 Å². The van der Waals surface area contributed by atoms with E-state index in [1.807, 2.05) is 0 Å². The van der Waals surface area contributed by atoms with E-state index in [9.17, 15) is 19.5 Å². The fourth-order valence-corrected chi connectivity index (χ4v) is 4.34. The second-order valence-corrected chi connectivity index (χ2v) is 8.25. The maximum atomic E-state index is 13.3. The van der Waals surface area contributed by atoms with E-state index in [4.69, 9.17) is 14.2 Å². The molecule has 2 aliphatic heterocycles. The van der Waals surface area contributed by atoms with Crippen LogP contribution in [0.5, 0.6) is 11.5 Å². The topological polar surface area (TPSA) is 115 Å². The Morgan fingerprint density at radius 2 is 1.67 bits per heavy atom. The maximum absolute atomic E-state index is 13.3. The fourth-order valence-electron chi connectivity index (χ4n) is 4.34. The van der Waals surface area contributed by atoms with Gasteiger partial charge in [-0.1, -0.05) is 12.1 Å². The van der Waals surface area contributed by atoms with Crippen LogP contribution in [-0.4, -0.2) is 53.0 Å². The molecule has 3 aromatic rings. The summed E-state index contributed by atoms with van der Waals surface area (Å²) >= 11 is 0. The number of esters is 1. The standard InChI is InChI=1S/C27H22N2O7/c1-34-27(33)18-4-2-17(3-5-18)23-22(24(30)19-6-7-20-21(14-19)36-13-12-35-20)25(31)26(32)29(23)15-16-8-10-28-11-9-16/h2-11,14,23,30H,12-13,15H2,1H3/t23-/m0/s1. The Morgan fingerprint density at radius 1 is 1.00 bits per heavy atom. The highest BCUT2D eigenvalue weighted by molar-refractivity contribution is 6.46. The lowest BCUT2D eigenvalue weighted by Gasteiger charge is -2.25. The first kappa shape index (κ1) is 23.1. The van der Waals surface area contributed by atoms with Crippen molar-refractivity contribution in [2.75, 3.05) is 20.3 Å². The quantitative estimate of drug-likeness (QED) is 0.253. The van der Waals surface area contributed by atoms with Crippen LogP contribution in [0.4, 0.5) is 0 Å². The third-order valence-electron chi connectivity index (χ3n) is 6.11. The number of hydrogen-bond acceptors (Lipinski definition) is 8. The molecule has 1 N–H and O–H groups in total. The molecule has 1 atom stereocenters. The van der Waals surface area contributed by atoms with Gasteiger partial charge in [0.05, 0.1) is 24.3 Å².